The summed E-state index contributed by atoms with van der Waals surface area (Å²) in [5.74, 6) is -0.0150. The second-order valence-electron chi connectivity index (χ2n) is 15.3. The van der Waals surface area contributed by atoms with Crippen LogP contribution in [0.3, 0.4) is 0 Å². The number of aromatic nitrogens is 4. The Morgan fingerprint density at radius 1 is 1.08 bits per heavy atom. The number of halogens is 2. The highest BCUT2D eigenvalue weighted by Crippen LogP contribution is 2.45. The molecule has 2 atom stereocenters. The Morgan fingerprint density at radius 3 is 2.45 bits per heavy atom. The van der Waals surface area contributed by atoms with E-state index < -0.39 is 11.4 Å². The third kappa shape index (κ3) is 5.42. The molecule has 0 radical (unpaired) electrons. The van der Waals surface area contributed by atoms with Crippen LogP contribution in [0, 0.1) is 12.7 Å². The van der Waals surface area contributed by atoms with Crippen molar-refractivity contribution in [3.8, 4) is 17.1 Å². The first-order chi connectivity index (χ1) is 23.3. The number of nitrogens with one attached hydrogen (secondary N) is 1. The molecular weight excluding hydrogens is 645 g/mol. The van der Waals surface area contributed by atoms with Gasteiger partial charge in [0.15, 0.2) is 5.82 Å². The Balaban J connectivity index is 1.22. The molecule has 4 saturated heterocycles. The van der Waals surface area contributed by atoms with Gasteiger partial charge in [-0.1, -0.05) is 42.0 Å². The van der Waals surface area contributed by atoms with E-state index >= 15 is 4.39 Å². The Morgan fingerprint density at radius 2 is 1.78 bits per heavy atom. The van der Waals surface area contributed by atoms with Gasteiger partial charge in [-0.05, 0) is 71.1 Å². The van der Waals surface area contributed by atoms with Crippen LogP contribution in [-0.4, -0.2) is 92.1 Å². The van der Waals surface area contributed by atoms with Crippen molar-refractivity contribution in [3.63, 3.8) is 0 Å². The van der Waals surface area contributed by atoms with Crippen LogP contribution in [-0.2, 0) is 4.74 Å². The van der Waals surface area contributed by atoms with Crippen LogP contribution < -0.4 is 9.64 Å². The van der Waals surface area contributed by atoms with E-state index in [-0.39, 0.29) is 45.8 Å². The Labute approximate surface area is 289 Å². The number of hydrogen-bond donors (Lipinski definition) is 1. The van der Waals surface area contributed by atoms with Crippen LogP contribution in [0.5, 0.6) is 6.01 Å². The highest BCUT2D eigenvalue weighted by molar-refractivity contribution is 6.35. The second kappa shape index (κ2) is 11.4. The van der Waals surface area contributed by atoms with E-state index in [1.54, 1.807) is 12.3 Å². The number of anilines is 1. The molecule has 256 valence electrons. The first-order valence-corrected chi connectivity index (χ1v) is 17.3. The van der Waals surface area contributed by atoms with Crippen LogP contribution in [0.15, 0.2) is 48.7 Å². The number of aromatic amines is 1. The van der Waals surface area contributed by atoms with Crippen LogP contribution in [0.2, 0.25) is 5.02 Å². The van der Waals surface area contributed by atoms with E-state index in [1.165, 1.54) is 0 Å². The van der Waals surface area contributed by atoms with Crippen molar-refractivity contribution in [3.05, 3.63) is 65.1 Å². The maximum Gasteiger partial charge on any atom is 0.410 e. The molecule has 1 amide bonds. The summed E-state index contributed by atoms with van der Waals surface area (Å²) in [7, 11) is 0. The molecule has 2 bridgehead atoms. The van der Waals surface area contributed by atoms with Gasteiger partial charge >= 0.3 is 12.1 Å². The van der Waals surface area contributed by atoms with Gasteiger partial charge in [0, 0.05) is 48.1 Å². The quantitative estimate of drug-likeness (QED) is 0.220. The third-order valence-electron chi connectivity index (χ3n) is 10.4. The lowest BCUT2D eigenvalue weighted by Crippen LogP contribution is -2.57. The summed E-state index contributed by atoms with van der Waals surface area (Å²) >= 11 is 7.00. The van der Waals surface area contributed by atoms with Gasteiger partial charge in [0.2, 0.25) is 0 Å². The molecule has 12 heteroatoms. The van der Waals surface area contributed by atoms with Gasteiger partial charge in [0.1, 0.15) is 23.5 Å². The Bertz CT molecular complexity index is 2020. The van der Waals surface area contributed by atoms with Gasteiger partial charge in [-0.15, -0.1) is 0 Å². The van der Waals surface area contributed by atoms with Crippen molar-refractivity contribution in [1.29, 1.82) is 0 Å². The van der Waals surface area contributed by atoms with Gasteiger partial charge < -0.3 is 14.4 Å². The standard InChI is InChI=1S/C37H41ClFN7O3/c1-20-12-37(13-21(2)16-45(37)15-20)19-48-34-41-32-25(11-27(38)30(31(32)39)29-22(3)7-10-28-26(29)14-40-43-28)33(42-34)44-17-23-8-9-24(18-44)46(23)35(47)49-36(4,5)6/h7,10-11,14,23-24H,1-2,8-9,12-13,15-19H2,3-6H3,(H,40,43)/t23-,24+. The fraction of sp³-hybridized carbons (Fsp3) is 0.459. The van der Waals surface area contributed by atoms with Gasteiger partial charge in [-0.2, -0.15) is 15.1 Å². The van der Waals surface area contributed by atoms with Crippen LogP contribution in [0.25, 0.3) is 32.9 Å². The van der Waals surface area contributed by atoms with Gasteiger partial charge in [-0.3, -0.25) is 14.9 Å². The van der Waals surface area contributed by atoms with Crippen molar-refractivity contribution < 1.29 is 18.7 Å². The zero-order valence-electron chi connectivity index (χ0n) is 28.4. The molecule has 49 heavy (non-hydrogen) atoms. The molecule has 6 heterocycles. The fourth-order valence-corrected chi connectivity index (χ4v) is 8.78. The largest absolute Gasteiger partial charge is 0.461 e. The number of benzene rings is 2. The summed E-state index contributed by atoms with van der Waals surface area (Å²) in [5, 5.41) is 8.68. The molecule has 2 aromatic carbocycles. The number of fused-ring (bicyclic) bond motifs is 5. The molecule has 10 nitrogen and oxygen atoms in total. The van der Waals surface area contributed by atoms with Gasteiger partial charge in [0.05, 0.1) is 34.4 Å². The van der Waals surface area contributed by atoms with Crippen molar-refractivity contribution in [2.75, 3.05) is 37.7 Å². The number of H-pyrrole nitrogens is 1. The molecule has 1 N–H and O–H groups in total. The molecule has 0 unspecified atom stereocenters. The van der Waals surface area contributed by atoms with E-state index in [4.69, 9.17) is 31.0 Å². The predicted molar refractivity (Wildman–Crippen MR) is 189 cm³/mol. The van der Waals surface area contributed by atoms with Gasteiger partial charge in [0.25, 0.3) is 0 Å². The first-order valence-electron chi connectivity index (χ1n) is 16.9. The molecule has 4 aliphatic heterocycles. The normalized spacial score (nSPS) is 22.1. The maximum absolute atomic E-state index is 17.1. The molecule has 2 aromatic heterocycles. The maximum atomic E-state index is 17.1. The summed E-state index contributed by atoms with van der Waals surface area (Å²) in [6, 6.07) is 5.54. The number of carbonyl (C=O) groups excluding carboxylic acids is 1. The molecule has 4 fully saturated rings. The monoisotopic (exact) mass is 685 g/mol. The highest BCUT2D eigenvalue weighted by atomic mass is 35.5. The highest BCUT2D eigenvalue weighted by Gasteiger charge is 2.48. The molecule has 0 saturated carbocycles. The molecule has 4 aliphatic rings. The summed E-state index contributed by atoms with van der Waals surface area (Å²) < 4.78 is 29.4. The van der Waals surface area contributed by atoms with Crippen molar-refractivity contribution in [2.45, 2.75) is 76.6 Å². The van der Waals surface area contributed by atoms with E-state index in [9.17, 15) is 4.79 Å². The van der Waals surface area contributed by atoms with Crippen LogP contribution >= 0.6 is 11.6 Å². The van der Waals surface area contributed by atoms with E-state index in [0.717, 1.165) is 66.4 Å². The number of amides is 1. The number of carbonyl (C=O) groups is 1. The molecule has 0 aliphatic carbocycles. The smallest absolute Gasteiger partial charge is 0.410 e. The average molecular weight is 686 g/mol. The minimum absolute atomic E-state index is 0.0784. The number of rotatable bonds is 5. The summed E-state index contributed by atoms with van der Waals surface area (Å²) in [5.41, 5.74) is 4.12. The number of nitrogens with zero attached hydrogens (tertiary/aromatic N) is 6. The molecular formula is C37H41ClFN7O3. The molecule has 4 aromatic rings. The SMILES string of the molecule is C=C1CN2CC(=C)CC2(COc2nc(N3C[C@H]4CC[C@@H](C3)N4C(=O)OC(C)(C)C)c3cc(Cl)c(-c4c(C)ccc5[nH]ncc45)c(F)c3n2)C1. The first kappa shape index (κ1) is 32.0. The lowest BCUT2D eigenvalue weighted by atomic mass is 9.92. The van der Waals surface area contributed by atoms with Gasteiger partial charge in [-0.25, -0.2) is 9.18 Å². The number of hydrogen-bond acceptors (Lipinski definition) is 8. The molecule has 8 rings (SSSR count). The minimum Gasteiger partial charge on any atom is -0.461 e. The number of ether oxygens (including phenoxy) is 2. The van der Waals surface area contributed by atoms with Crippen molar-refractivity contribution >= 4 is 45.3 Å². The summed E-state index contributed by atoms with van der Waals surface area (Å²) in [6.07, 6.45) is 4.65. The van der Waals surface area contributed by atoms with E-state index in [0.29, 0.717) is 36.5 Å². The zero-order chi connectivity index (χ0) is 34.4. The summed E-state index contributed by atoms with van der Waals surface area (Å²) in [6.45, 7) is 19.0. The lowest BCUT2D eigenvalue weighted by Gasteiger charge is -2.42. The van der Waals surface area contributed by atoms with Crippen LogP contribution in [0.1, 0.15) is 52.0 Å². The Kier molecular flexibility index (Phi) is 7.46. The second-order valence-corrected chi connectivity index (χ2v) is 15.7. The zero-order valence-corrected chi connectivity index (χ0v) is 29.2. The van der Waals surface area contributed by atoms with Crippen molar-refractivity contribution in [1.82, 2.24) is 30.0 Å². The number of aryl methyl sites for hydroxylation is 1. The predicted octanol–water partition coefficient (Wildman–Crippen LogP) is 7.20. The lowest BCUT2D eigenvalue weighted by molar-refractivity contribution is 0.0122. The van der Waals surface area contributed by atoms with Crippen molar-refractivity contribution in [2.24, 2.45) is 0 Å². The summed E-state index contributed by atoms with van der Waals surface area (Å²) in [4.78, 5) is 29.3. The molecule has 0 spiro atoms. The van der Waals surface area contributed by atoms with E-state index in [1.807, 2.05) is 44.7 Å². The third-order valence-corrected chi connectivity index (χ3v) is 10.7. The number of piperazine rings is 1. The topological polar surface area (TPSA) is 99.7 Å². The average Bonchev–Trinajstić information content (AvgIpc) is 3.76. The Hall–Kier alpha value is -4.22. The fourth-order valence-electron chi connectivity index (χ4n) is 8.49. The minimum atomic E-state index is -0.597. The van der Waals surface area contributed by atoms with E-state index in [2.05, 4.69) is 33.2 Å². The van der Waals surface area contributed by atoms with Crippen LogP contribution in [0.4, 0.5) is 15.0 Å².